The van der Waals surface area contributed by atoms with Crippen LogP contribution in [0.15, 0.2) is 0 Å². The van der Waals surface area contributed by atoms with Gasteiger partial charge in [0, 0.05) is 25.2 Å². The first-order valence-electron chi connectivity index (χ1n) is 7.56. The van der Waals surface area contributed by atoms with Gasteiger partial charge in [-0.2, -0.15) is 0 Å². The molecule has 4 heteroatoms. The third-order valence-electron chi connectivity index (χ3n) is 4.44. The molecule has 2 aliphatic rings. The van der Waals surface area contributed by atoms with Crippen LogP contribution in [-0.4, -0.2) is 73.4 Å². The van der Waals surface area contributed by atoms with Crippen molar-refractivity contribution in [1.29, 1.82) is 0 Å². The van der Waals surface area contributed by atoms with Crippen molar-refractivity contribution in [3.8, 4) is 0 Å². The van der Waals surface area contributed by atoms with E-state index in [1.165, 1.54) is 51.7 Å². The Morgan fingerprint density at radius 1 is 1.22 bits per heavy atom. The molecule has 0 radical (unpaired) electrons. The van der Waals surface area contributed by atoms with Crippen molar-refractivity contribution in [3.63, 3.8) is 0 Å². The zero-order valence-electron chi connectivity index (χ0n) is 11.8. The molecule has 0 aromatic heterocycles. The maximum Gasteiger partial charge on any atom is 0.0558 e. The van der Waals surface area contributed by atoms with Crippen LogP contribution >= 0.6 is 0 Å². The smallest absolute Gasteiger partial charge is 0.0558 e. The lowest BCUT2D eigenvalue weighted by atomic mass is 10.1. The van der Waals surface area contributed by atoms with Gasteiger partial charge in [-0.3, -0.25) is 4.90 Å². The Labute approximate surface area is 111 Å². The van der Waals surface area contributed by atoms with E-state index in [4.69, 9.17) is 0 Å². The lowest BCUT2D eigenvalue weighted by Crippen LogP contribution is -2.45. The Hall–Kier alpha value is -0.160. The highest BCUT2D eigenvalue weighted by atomic mass is 16.3. The molecule has 4 nitrogen and oxygen atoms in total. The first-order chi connectivity index (χ1) is 8.79. The molecule has 0 saturated carbocycles. The van der Waals surface area contributed by atoms with Crippen LogP contribution in [0.3, 0.4) is 0 Å². The summed E-state index contributed by atoms with van der Waals surface area (Å²) in [4.78, 5) is 4.97. The highest BCUT2D eigenvalue weighted by molar-refractivity contribution is 4.83. The van der Waals surface area contributed by atoms with E-state index in [-0.39, 0.29) is 0 Å². The summed E-state index contributed by atoms with van der Waals surface area (Å²) >= 11 is 0. The molecule has 2 saturated heterocycles. The summed E-state index contributed by atoms with van der Waals surface area (Å²) in [5.41, 5.74) is 0. The minimum Gasteiger partial charge on any atom is -0.395 e. The summed E-state index contributed by atoms with van der Waals surface area (Å²) in [6, 6.07) is 1.32. The maximum absolute atomic E-state index is 9.29. The molecule has 106 valence electrons. The van der Waals surface area contributed by atoms with Crippen LogP contribution in [0.25, 0.3) is 0 Å². The molecule has 0 aromatic rings. The van der Waals surface area contributed by atoms with E-state index >= 15 is 0 Å². The molecule has 2 fully saturated rings. The SMILES string of the molecule is CN1CCCC(N(CCO)CC2CCCN2)CC1. The van der Waals surface area contributed by atoms with E-state index in [0.717, 1.165) is 13.1 Å². The molecule has 2 rings (SSSR count). The lowest BCUT2D eigenvalue weighted by Gasteiger charge is -2.32. The number of rotatable bonds is 5. The zero-order chi connectivity index (χ0) is 12.8. The third kappa shape index (κ3) is 4.19. The van der Waals surface area contributed by atoms with Crippen LogP contribution in [0, 0.1) is 0 Å². The fraction of sp³-hybridized carbons (Fsp3) is 1.00. The molecular formula is C14H29N3O. The second-order valence-electron chi connectivity index (χ2n) is 5.90. The quantitative estimate of drug-likeness (QED) is 0.751. The summed E-state index contributed by atoms with van der Waals surface area (Å²) in [6.07, 6.45) is 6.45. The average Bonchev–Trinajstić information content (AvgIpc) is 2.77. The van der Waals surface area contributed by atoms with Crippen LogP contribution in [-0.2, 0) is 0 Å². The van der Waals surface area contributed by atoms with Gasteiger partial charge in [-0.15, -0.1) is 0 Å². The standard InChI is InChI=1S/C14H29N3O/c1-16-8-3-5-14(6-9-16)17(10-11-18)12-13-4-2-7-15-13/h13-15,18H,2-12H2,1H3. The van der Waals surface area contributed by atoms with Gasteiger partial charge < -0.3 is 15.3 Å². The summed E-state index contributed by atoms with van der Waals surface area (Å²) in [6.45, 7) is 5.85. The molecule has 2 N–H and O–H groups in total. The van der Waals surface area contributed by atoms with Gasteiger partial charge in [-0.05, 0) is 58.8 Å². The Morgan fingerprint density at radius 2 is 2.11 bits per heavy atom. The first-order valence-corrected chi connectivity index (χ1v) is 7.56. The number of aliphatic hydroxyl groups excluding tert-OH is 1. The summed E-state index contributed by atoms with van der Waals surface area (Å²) in [5.74, 6) is 0. The van der Waals surface area contributed by atoms with Gasteiger partial charge in [0.15, 0.2) is 0 Å². The molecule has 2 heterocycles. The summed E-state index contributed by atoms with van der Waals surface area (Å²) in [5, 5.41) is 12.9. The predicted octanol–water partition coefficient (Wildman–Crippen LogP) is 0.517. The Bertz CT molecular complexity index is 231. The van der Waals surface area contributed by atoms with Crippen LogP contribution < -0.4 is 5.32 Å². The average molecular weight is 255 g/mol. The molecule has 0 aromatic carbocycles. The number of nitrogens with one attached hydrogen (secondary N) is 1. The molecular weight excluding hydrogens is 226 g/mol. The fourth-order valence-electron chi connectivity index (χ4n) is 3.33. The Kier molecular flexibility index (Phi) is 5.89. The van der Waals surface area contributed by atoms with Crippen molar-refractivity contribution in [1.82, 2.24) is 15.1 Å². The van der Waals surface area contributed by atoms with Crippen molar-refractivity contribution in [2.24, 2.45) is 0 Å². The van der Waals surface area contributed by atoms with E-state index < -0.39 is 0 Å². The Morgan fingerprint density at radius 3 is 2.83 bits per heavy atom. The van der Waals surface area contributed by atoms with Gasteiger partial charge in [0.25, 0.3) is 0 Å². The number of likely N-dealkylation sites (tertiary alicyclic amines) is 1. The molecule has 2 unspecified atom stereocenters. The highest BCUT2D eigenvalue weighted by Crippen LogP contribution is 2.18. The maximum atomic E-state index is 9.29. The van der Waals surface area contributed by atoms with Crippen molar-refractivity contribution >= 4 is 0 Å². The number of nitrogens with zero attached hydrogens (tertiary/aromatic N) is 2. The second kappa shape index (κ2) is 7.43. The van der Waals surface area contributed by atoms with Gasteiger partial charge in [-0.1, -0.05) is 0 Å². The van der Waals surface area contributed by atoms with Gasteiger partial charge >= 0.3 is 0 Å². The number of hydrogen-bond acceptors (Lipinski definition) is 4. The first kappa shape index (κ1) is 14.3. The minimum absolute atomic E-state index is 0.291. The van der Waals surface area contributed by atoms with Crippen LogP contribution in [0.2, 0.25) is 0 Å². The van der Waals surface area contributed by atoms with E-state index in [9.17, 15) is 5.11 Å². The topological polar surface area (TPSA) is 38.7 Å². The normalized spacial score (nSPS) is 30.8. The predicted molar refractivity (Wildman–Crippen MR) is 74.8 cm³/mol. The lowest BCUT2D eigenvalue weighted by molar-refractivity contribution is 0.129. The van der Waals surface area contributed by atoms with Crippen LogP contribution in [0.1, 0.15) is 32.1 Å². The largest absolute Gasteiger partial charge is 0.395 e. The van der Waals surface area contributed by atoms with E-state index in [0.29, 0.717) is 18.7 Å². The van der Waals surface area contributed by atoms with Gasteiger partial charge in [-0.25, -0.2) is 0 Å². The van der Waals surface area contributed by atoms with Gasteiger partial charge in [0.2, 0.25) is 0 Å². The van der Waals surface area contributed by atoms with E-state index in [1.807, 2.05) is 0 Å². The highest BCUT2D eigenvalue weighted by Gasteiger charge is 2.24. The summed E-state index contributed by atoms with van der Waals surface area (Å²) in [7, 11) is 2.22. The molecule has 2 aliphatic heterocycles. The zero-order valence-corrected chi connectivity index (χ0v) is 11.8. The van der Waals surface area contributed by atoms with Gasteiger partial charge in [0.1, 0.15) is 0 Å². The van der Waals surface area contributed by atoms with Crippen molar-refractivity contribution in [2.75, 3.05) is 46.4 Å². The summed E-state index contributed by atoms with van der Waals surface area (Å²) < 4.78 is 0. The molecule has 0 amide bonds. The molecule has 18 heavy (non-hydrogen) atoms. The number of hydrogen-bond donors (Lipinski definition) is 2. The monoisotopic (exact) mass is 255 g/mol. The minimum atomic E-state index is 0.291. The van der Waals surface area contributed by atoms with Crippen molar-refractivity contribution < 1.29 is 5.11 Å². The molecule has 0 bridgehead atoms. The fourth-order valence-corrected chi connectivity index (χ4v) is 3.33. The van der Waals surface area contributed by atoms with Crippen molar-refractivity contribution in [3.05, 3.63) is 0 Å². The van der Waals surface area contributed by atoms with E-state index in [1.54, 1.807) is 0 Å². The third-order valence-corrected chi connectivity index (χ3v) is 4.44. The van der Waals surface area contributed by atoms with E-state index in [2.05, 4.69) is 22.2 Å². The van der Waals surface area contributed by atoms with Crippen LogP contribution in [0.5, 0.6) is 0 Å². The number of aliphatic hydroxyl groups is 1. The Balaban J connectivity index is 1.86. The second-order valence-corrected chi connectivity index (χ2v) is 5.90. The molecule has 0 aliphatic carbocycles. The molecule has 2 atom stereocenters. The van der Waals surface area contributed by atoms with Crippen molar-refractivity contribution in [2.45, 2.75) is 44.2 Å². The van der Waals surface area contributed by atoms with Gasteiger partial charge in [0.05, 0.1) is 6.61 Å². The van der Waals surface area contributed by atoms with Crippen LogP contribution in [0.4, 0.5) is 0 Å². The molecule has 0 spiro atoms.